The third-order valence-corrected chi connectivity index (χ3v) is 8.65. The van der Waals surface area contributed by atoms with Crippen molar-refractivity contribution in [3.8, 4) is 0 Å². The molecule has 6 nitrogen and oxygen atoms in total. The number of nitrogens with zero attached hydrogens (tertiary/aromatic N) is 3. The molecule has 5 rings (SSSR count). The molecule has 0 radical (unpaired) electrons. The van der Waals surface area contributed by atoms with Gasteiger partial charge in [-0.2, -0.15) is 17.5 Å². The molecular weight excluding hydrogens is 477 g/mol. The number of H-pyrrole nitrogens is 1. The summed E-state index contributed by atoms with van der Waals surface area (Å²) in [7, 11) is -4.01. The number of alkyl halides is 3. The van der Waals surface area contributed by atoms with Gasteiger partial charge in [-0.25, -0.2) is 13.4 Å². The second kappa shape index (κ2) is 9.31. The van der Waals surface area contributed by atoms with Crippen LogP contribution in [0.3, 0.4) is 0 Å². The van der Waals surface area contributed by atoms with Crippen molar-refractivity contribution in [3.63, 3.8) is 0 Å². The third kappa shape index (κ3) is 5.23. The molecule has 2 aliphatic rings. The first-order valence-corrected chi connectivity index (χ1v) is 13.1. The predicted molar refractivity (Wildman–Crippen MR) is 126 cm³/mol. The number of hydrogen-bond acceptors (Lipinski definition) is 4. The summed E-state index contributed by atoms with van der Waals surface area (Å²) in [6.45, 7) is 0.957. The van der Waals surface area contributed by atoms with Crippen molar-refractivity contribution in [1.82, 2.24) is 14.3 Å². The number of aromatic amines is 1. The summed E-state index contributed by atoms with van der Waals surface area (Å²) < 4.78 is 67.8. The lowest BCUT2D eigenvalue weighted by Crippen LogP contribution is -2.43. The van der Waals surface area contributed by atoms with E-state index in [-0.39, 0.29) is 24.0 Å². The lowest BCUT2D eigenvalue weighted by atomic mass is 10.1. The molecule has 1 aliphatic carbocycles. The molecule has 1 saturated carbocycles. The fraction of sp³-hybridized carbons (Fsp3) is 0.400. The first-order valence-electron chi connectivity index (χ1n) is 11.7. The standard InChI is InChI=1S/C25H27F3N4O2S/c26-25(27,28)20-8-11-23(12-9-20)35(33,34)31-14-19-3-1-2-4-24(19)32(15-21-13-29-17-30-21)22(16-31)10-7-18-5-6-18/h1-4,8-9,11-13,17-18,22H,5-7,10,14-16H2,(H,29,30)/t22-/m0/s1. The molecule has 35 heavy (non-hydrogen) atoms. The van der Waals surface area contributed by atoms with E-state index in [4.69, 9.17) is 0 Å². The van der Waals surface area contributed by atoms with E-state index in [1.54, 1.807) is 12.5 Å². The second-order valence-electron chi connectivity index (χ2n) is 9.33. The summed E-state index contributed by atoms with van der Waals surface area (Å²) in [5.41, 5.74) is 1.88. The van der Waals surface area contributed by atoms with Crippen molar-refractivity contribution in [2.45, 2.75) is 55.9 Å². The number of imidazole rings is 1. The molecule has 0 saturated heterocycles. The van der Waals surface area contributed by atoms with Crippen molar-refractivity contribution in [1.29, 1.82) is 0 Å². The van der Waals surface area contributed by atoms with Crippen LogP contribution in [-0.4, -0.2) is 35.3 Å². The van der Waals surface area contributed by atoms with Gasteiger partial charge in [0.25, 0.3) is 0 Å². The molecule has 186 valence electrons. The summed E-state index contributed by atoms with van der Waals surface area (Å²) in [6.07, 6.45) is 3.12. The molecule has 1 aromatic heterocycles. The normalized spacial score (nSPS) is 19.4. The Labute approximate surface area is 202 Å². The molecule has 2 aromatic carbocycles. The number of sulfonamides is 1. The zero-order valence-electron chi connectivity index (χ0n) is 19.1. The first kappa shape index (κ1) is 23.9. The van der Waals surface area contributed by atoms with Crippen molar-refractivity contribution < 1.29 is 21.6 Å². The molecule has 2 heterocycles. The monoisotopic (exact) mass is 504 g/mol. The van der Waals surface area contributed by atoms with E-state index in [1.165, 1.54) is 17.1 Å². The number of fused-ring (bicyclic) bond motifs is 1. The molecule has 0 spiro atoms. The highest BCUT2D eigenvalue weighted by atomic mass is 32.2. The topological polar surface area (TPSA) is 69.3 Å². The first-order chi connectivity index (χ1) is 16.7. The Morgan fingerprint density at radius 1 is 1.03 bits per heavy atom. The predicted octanol–water partition coefficient (Wildman–Crippen LogP) is 5.20. The summed E-state index contributed by atoms with van der Waals surface area (Å²) in [4.78, 5) is 9.38. The largest absolute Gasteiger partial charge is 0.416 e. The van der Waals surface area contributed by atoms with Gasteiger partial charge in [0.1, 0.15) is 0 Å². The van der Waals surface area contributed by atoms with Gasteiger partial charge in [0.05, 0.1) is 29.0 Å². The van der Waals surface area contributed by atoms with Gasteiger partial charge in [-0.05, 0) is 54.7 Å². The molecule has 1 aliphatic heterocycles. The van der Waals surface area contributed by atoms with Crippen LogP contribution >= 0.6 is 0 Å². The van der Waals surface area contributed by atoms with E-state index in [2.05, 4.69) is 14.9 Å². The van der Waals surface area contributed by atoms with E-state index in [0.717, 1.165) is 54.1 Å². The van der Waals surface area contributed by atoms with Crippen LogP contribution in [0.25, 0.3) is 0 Å². The molecule has 1 atom stereocenters. The lowest BCUT2D eigenvalue weighted by molar-refractivity contribution is -0.137. The zero-order valence-corrected chi connectivity index (χ0v) is 19.9. The van der Waals surface area contributed by atoms with Crippen LogP contribution in [0, 0.1) is 5.92 Å². The van der Waals surface area contributed by atoms with Gasteiger partial charge in [0.15, 0.2) is 0 Å². The highest BCUT2D eigenvalue weighted by Crippen LogP contribution is 2.38. The third-order valence-electron chi connectivity index (χ3n) is 6.82. The fourth-order valence-corrected chi connectivity index (χ4v) is 6.16. The number of aromatic nitrogens is 2. The maximum Gasteiger partial charge on any atom is 0.416 e. The quantitative estimate of drug-likeness (QED) is 0.480. The Morgan fingerprint density at radius 2 is 1.77 bits per heavy atom. The number of rotatable bonds is 7. The van der Waals surface area contributed by atoms with E-state index in [1.807, 2.05) is 24.3 Å². The zero-order chi connectivity index (χ0) is 24.6. The molecule has 1 fully saturated rings. The van der Waals surface area contributed by atoms with E-state index in [9.17, 15) is 21.6 Å². The van der Waals surface area contributed by atoms with E-state index < -0.39 is 21.8 Å². The van der Waals surface area contributed by atoms with Crippen LogP contribution in [0.4, 0.5) is 18.9 Å². The summed E-state index contributed by atoms with van der Waals surface area (Å²) >= 11 is 0. The minimum absolute atomic E-state index is 0.0910. The highest BCUT2D eigenvalue weighted by molar-refractivity contribution is 7.89. The number of nitrogens with one attached hydrogen (secondary N) is 1. The molecule has 10 heteroatoms. The van der Waals surface area contributed by atoms with Crippen LogP contribution in [0.1, 0.15) is 42.5 Å². The summed E-state index contributed by atoms with van der Waals surface area (Å²) in [6, 6.07) is 11.4. The van der Waals surface area contributed by atoms with Gasteiger partial charge in [0.2, 0.25) is 10.0 Å². The number of para-hydroxylation sites is 1. The maximum atomic E-state index is 13.6. The second-order valence-corrected chi connectivity index (χ2v) is 11.3. The van der Waals surface area contributed by atoms with Gasteiger partial charge in [-0.15, -0.1) is 0 Å². The van der Waals surface area contributed by atoms with E-state index in [0.29, 0.717) is 12.5 Å². The van der Waals surface area contributed by atoms with Crippen LogP contribution in [0.2, 0.25) is 0 Å². The van der Waals surface area contributed by atoms with Crippen LogP contribution in [0.15, 0.2) is 66.0 Å². The Bertz CT molecular complexity index is 1260. The summed E-state index contributed by atoms with van der Waals surface area (Å²) in [5.74, 6) is 0.683. The fourth-order valence-electron chi connectivity index (χ4n) is 4.71. The average Bonchev–Trinajstić information content (AvgIpc) is 3.55. The smallest absolute Gasteiger partial charge is 0.361 e. The van der Waals surface area contributed by atoms with Crippen molar-refractivity contribution in [3.05, 3.63) is 77.9 Å². The number of halogens is 3. The molecule has 3 aromatic rings. The number of benzene rings is 2. The molecule has 0 bridgehead atoms. The Kier molecular flexibility index (Phi) is 6.35. The molecular formula is C25H27F3N4O2S. The highest BCUT2D eigenvalue weighted by Gasteiger charge is 2.36. The van der Waals surface area contributed by atoms with Gasteiger partial charge in [-0.1, -0.05) is 31.0 Å². The van der Waals surface area contributed by atoms with Gasteiger partial charge in [-0.3, -0.25) is 0 Å². The SMILES string of the molecule is O=S(=O)(c1ccc(C(F)(F)F)cc1)N1Cc2ccccc2N(Cc2cnc[nH]2)[C@@H](CCC2CC2)C1. The Balaban J connectivity index is 1.50. The molecule has 0 unspecified atom stereocenters. The Morgan fingerprint density at radius 3 is 2.43 bits per heavy atom. The van der Waals surface area contributed by atoms with Gasteiger partial charge < -0.3 is 9.88 Å². The van der Waals surface area contributed by atoms with Crippen molar-refractivity contribution in [2.24, 2.45) is 5.92 Å². The lowest BCUT2D eigenvalue weighted by Gasteiger charge is -2.34. The van der Waals surface area contributed by atoms with Gasteiger partial charge >= 0.3 is 6.18 Å². The van der Waals surface area contributed by atoms with Crippen LogP contribution in [0.5, 0.6) is 0 Å². The van der Waals surface area contributed by atoms with E-state index >= 15 is 0 Å². The maximum absolute atomic E-state index is 13.6. The van der Waals surface area contributed by atoms with Crippen LogP contribution < -0.4 is 4.90 Å². The molecule has 0 amide bonds. The van der Waals surface area contributed by atoms with Crippen molar-refractivity contribution in [2.75, 3.05) is 11.4 Å². The summed E-state index contributed by atoms with van der Waals surface area (Å²) in [5, 5.41) is 0. The Hall–Kier alpha value is -2.85. The number of hydrogen-bond donors (Lipinski definition) is 1. The van der Waals surface area contributed by atoms with Gasteiger partial charge in [0, 0.05) is 31.0 Å². The average molecular weight is 505 g/mol. The van der Waals surface area contributed by atoms with Crippen molar-refractivity contribution >= 4 is 15.7 Å². The molecule has 1 N–H and O–H groups in total. The minimum Gasteiger partial charge on any atom is -0.361 e. The van der Waals surface area contributed by atoms with Crippen LogP contribution in [-0.2, 0) is 29.3 Å². The minimum atomic E-state index is -4.52. The number of anilines is 1.